The van der Waals surface area contributed by atoms with Gasteiger partial charge < -0.3 is 15.4 Å². The molecule has 148 valence electrons. The summed E-state index contributed by atoms with van der Waals surface area (Å²) >= 11 is 0. The Labute approximate surface area is 170 Å². The molecule has 0 aliphatic carbocycles. The van der Waals surface area contributed by atoms with Crippen molar-refractivity contribution < 1.29 is 14.3 Å². The van der Waals surface area contributed by atoms with Gasteiger partial charge in [-0.1, -0.05) is 36.4 Å². The lowest BCUT2D eigenvalue weighted by molar-refractivity contribution is 0.0951. The van der Waals surface area contributed by atoms with Crippen molar-refractivity contribution in [1.82, 2.24) is 5.32 Å². The minimum Gasteiger partial charge on any atom is -0.497 e. The highest BCUT2D eigenvalue weighted by Crippen LogP contribution is 2.17. The van der Waals surface area contributed by atoms with Crippen LogP contribution in [-0.2, 0) is 6.42 Å². The summed E-state index contributed by atoms with van der Waals surface area (Å²) in [5.74, 6) is 0.285. The lowest BCUT2D eigenvalue weighted by atomic mass is 10.1. The highest BCUT2D eigenvalue weighted by atomic mass is 16.5. The second-order valence-electron chi connectivity index (χ2n) is 6.61. The topological polar surface area (TPSA) is 67.4 Å². The van der Waals surface area contributed by atoms with Crippen LogP contribution in [0.1, 0.15) is 32.7 Å². The van der Waals surface area contributed by atoms with Crippen LogP contribution < -0.4 is 15.4 Å². The Morgan fingerprint density at radius 1 is 0.828 bits per heavy atom. The van der Waals surface area contributed by atoms with Gasteiger partial charge in [0, 0.05) is 29.4 Å². The van der Waals surface area contributed by atoms with E-state index in [2.05, 4.69) is 22.8 Å². The van der Waals surface area contributed by atoms with E-state index >= 15 is 0 Å². The van der Waals surface area contributed by atoms with Crippen molar-refractivity contribution in [2.75, 3.05) is 19.0 Å². The molecule has 0 saturated carbocycles. The molecular weight excluding hydrogens is 364 g/mol. The molecule has 0 radical (unpaired) electrons. The van der Waals surface area contributed by atoms with Gasteiger partial charge in [0.25, 0.3) is 11.8 Å². The van der Waals surface area contributed by atoms with E-state index in [4.69, 9.17) is 4.74 Å². The molecule has 0 aliphatic heterocycles. The average molecular weight is 388 g/mol. The fourth-order valence-electron chi connectivity index (χ4n) is 2.92. The minimum absolute atomic E-state index is 0.141. The Kier molecular flexibility index (Phi) is 7.00. The van der Waals surface area contributed by atoms with Gasteiger partial charge >= 0.3 is 0 Å². The number of ether oxygens (including phenoxy) is 1. The molecule has 0 heterocycles. The van der Waals surface area contributed by atoms with Crippen molar-refractivity contribution in [3.05, 3.63) is 95.6 Å². The number of carbonyl (C=O) groups excluding carboxylic acids is 2. The summed E-state index contributed by atoms with van der Waals surface area (Å²) in [5.41, 5.74) is 2.92. The number of carbonyl (C=O) groups is 2. The van der Waals surface area contributed by atoms with E-state index in [-0.39, 0.29) is 11.8 Å². The number of hydrogen-bond acceptors (Lipinski definition) is 3. The lowest BCUT2D eigenvalue weighted by Crippen LogP contribution is -2.24. The van der Waals surface area contributed by atoms with Crippen LogP contribution in [0.25, 0.3) is 0 Å². The molecule has 3 aromatic carbocycles. The van der Waals surface area contributed by atoms with Crippen molar-refractivity contribution in [3.8, 4) is 5.75 Å². The maximum atomic E-state index is 12.4. The largest absolute Gasteiger partial charge is 0.497 e. The fourth-order valence-corrected chi connectivity index (χ4v) is 2.92. The molecule has 0 unspecified atom stereocenters. The first-order chi connectivity index (χ1) is 14.2. The Bertz CT molecular complexity index is 953. The Morgan fingerprint density at radius 2 is 1.52 bits per heavy atom. The van der Waals surface area contributed by atoms with Crippen molar-refractivity contribution >= 4 is 17.5 Å². The van der Waals surface area contributed by atoms with Gasteiger partial charge in [-0.2, -0.15) is 0 Å². The third-order valence-corrected chi connectivity index (χ3v) is 4.51. The molecule has 0 spiro atoms. The number of methoxy groups -OCH3 is 1. The summed E-state index contributed by atoms with van der Waals surface area (Å²) in [7, 11) is 1.58. The van der Waals surface area contributed by atoms with Gasteiger partial charge in [0.2, 0.25) is 0 Å². The van der Waals surface area contributed by atoms with Crippen molar-refractivity contribution in [3.63, 3.8) is 0 Å². The summed E-state index contributed by atoms with van der Waals surface area (Å²) in [4.78, 5) is 24.7. The summed E-state index contributed by atoms with van der Waals surface area (Å²) in [6.45, 7) is 0.603. The molecule has 5 nitrogen and oxygen atoms in total. The maximum Gasteiger partial charge on any atom is 0.255 e. The first-order valence-electron chi connectivity index (χ1n) is 9.53. The molecule has 0 fully saturated rings. The van der Waals surface area contributed by atoms with E-state index in [0.717, 1.165) is 12.8 Å². The Hall–Kier alpha value is -3.60. The average Bonchev–Trinajstić information content (AvgIpc) is 2.77. The zero-order chi connectivity index (χ0) is 20.5. The summed E-state index contributed by atoms with van der Waals surface area (Å²) in [5, 5.41) is 5.74. The molecule has 0 aromatic heterocycles. The van der Waals surface area contributed by atoms with E-state index in [9.17, 15) is 9.59 Å². The van der Waals surface area contributed by atoms with E-state index in [0.29, 0.717) is 29.1 Å². The molecule has 3 aromatic rings. The normalized spacial score (nSPS) is 10.2. The van der Waals surface area contributed by atoms with Crippen molar-refractivity contribution in [1.29, 1.82) is 0 Å². The molecule has 0 saturated heterocycles. The highest BCUT2D eigenvalue weighted by Gasteiger charge is 2.09. The molecule has 0 atom stereocenters. The zero-order valence-electron chi connectivity index (χ0n) is 16.4. The molecule has 3 rings (SSSR count). The van der Waals surface area contributed by atoms with Gasteiger partial charge in [0.1, 0.15) is 5.75 Å². The van der Waals surface area contributed by atoms with Crippen LogP contribution in [0, 0.1) is 0 Å². The molecule has 5 heteroatoms. The van der Waals surface area contributed by atoms with Crippen LogP contribution in [0.5, 0.6) is 5.75 Å². The van der Waals surface area contributed by atoms with E-state index in [1.165, 1.54) is 5.56 Å². The molecule has 0 aliphatic rings. The molecular formula is C24H24N2O3. The number of benzene rings is 3. The number of rotatable bonds is 8. The quantitative estimate of drug-likeness (QED) is 0.565. The van der Waals surface area contributed by atoms with Crippen LogP contribution >= 0.6 is 0 Å². The van der Waals surface area contributed by atoms with Crippen LogP contribution in [0.2, 0.25) is 0 Å². The van der Waals surface area contributed by atoms with Gasteiger partial charge in [-0.3, -0.25) is 9.59 Å². The SMILES string of the molecule is COc1cccc(NC(=O)c2ccc(C(=O)NCCCc3ccccc3)cc2)c1. The summed E-state index contributed by atoms with van der Waals surface area (Å²) in [6, 6.07) is 23.9. The monoisotopic (exact) mass is 388 g/mol. The number of amides is 2. The van der Waals surface area contributed by atoms with Crippen LogP contribution in [0.3, 0.4) is 0 Å². The van der Waals surface area contributed by atoms with E-state index in [1.807, 2.05) is 24.3 Å². The third kappa shape index (κ3) is 5.94. The van der Waals surface area contributed by atoms with Gasteiger partial charge in [-0.05, 0) is 54.8 Å². The van der Waals surface area contributed by atoms with Gasteiger partial charge in [0.15, 0.2) is 0 Å². The number of anilines is 1. The first kappa shape index (κ1) is 20.1. The zero-order valence-corrected chi connectivity index (χ0v) is 16.4. The number of aryl methyl sites for hydroxylation is 1. The summed E-state index contributed by atoms with van der Waals surface area (Å²) in [6.07, 6.45) is 1.79. The number of hydrogen-bond donors (Lipinski definition) is 2. The molecule has 2 N–H and O–H groups in total. The van der Waals surface area contributed by atoms with Gasteiger partial charge in [-0.25, -0.2) is 0 Å². The predicted molar refractivity (Wildman–Crippen MR) is 114 cm³/mol. The maximum absolute atomic E-state index is 12.4. The number of nitrogens with one attached hydrogen (secondary N) is 2. The molecule has 0 bridgehead atoms. The van der Waals surface area contributed by atoms with Gasteiger partial charge in [0.05, 0.1) is 7.11 Å². The van der Waals surface area contributed by atoms with Gasteiger partial charge in [-0.15, -0.1) is 0 Å². The third-order valence-electron chi connectivity index (χ3n) is 4.51. The second-order valence-corrected chi connectivity index (χ2v) is 6.61. The van der Waals surface area contributed by atoms with Crippen LogP contribution in [-0.4, -0.2) is 25.5 Å². The lowest BCUT2D eigenvalue weighted by Gasteiger charge is -2.08. The van der Waals surface area contributed by atoms with E-state index < -0.39 is 0 Å². The fraction of sp³-hybridized carbons (Fsp3) is 0.167. The standard InChI is InChI=1S/C24H24N2O3/c1-29-22-11-5-10-21(17-22)26-24(28)20-14-12-19(13-15-20)23(27)25-16-6-9-18-7-3-2-4-8-18/h2-5,7-8,10-15,17H,6,9,16H2,1H3,(H,25,27)(H,26,28). The smallest absolute Gasteiger partial charge is 0.255 e. The second kappa shape index (κ2) is 10.1. The Balaban J connectivity index is 1.49. The van der Waals surface area contributed by atoms with Crippen molar-refractivity contribution in [2.24, 2.45) is 0 Å². The highest BCUT2D eigenvalue weighted by molar-refractivity contribution is 6.05. The van der Waals surface area contributed by atoms with Crippen LogP contribution in [0.15, 0.2) is 78.9 Å². The molecule has 2 amide bonds. The van der Waals surface area contributed by atoms with E-state index in [1.54, 1.807) is 49.6 Å². The first-order valence-corrected chi connectivity index (χ1v) is 9.53. The van der Waals surface area contributed by atoms with Crippen LogP contribution in [0.4, 0.5) is 5.69 Å². The predicted octanol–water partition coefficient (Wildman–Crippen LogP) is 4.31. The molecule has 29 heavy (non-hydrogen) atoms. The minimum atomic E-state index is -0.243. The Morgan fingerprint density at radius 3 is 2.21 bits per heavy atom. The van der Waals surface area contributed by atoms with Crippen molar-refractivity contribution in [2.45, 2.75) is 12.8 Å². The summed E-state index contributed by atoms with van der Waals surface area (Å²) < 4.78 is 5.15.